The van der Waals surface area contributed by atoms with Crippen LogP contribution in [0.2, 0.25) is 10.0 Å². The monoisotopic (exact) mass is 349 g/mol. The molecule has 0 spiro atoms. The summed E-state index contributed by atoms with van der Waals surface area (Å²) < 4.78 is 26.7. The van der Waals surface area contributed by atoms with Gasteiger partial charge in [-0.25, -0.2) is 13.5 Å². The summed E-state index contributed by atoms with van der Waals surface area (Å²) in [5.74, 6) is -0.0869. The number of nitrogens with one attached hydrogen (secondary N) is 2. The number of hydrogen-bond donors (Lipinski definition) is 3. The molecule has 0 radical (unpaired) electrons. The lowest BCUT2D eigenvalue weighted by atomic mass is 10.2. The van der Waals surface area contributed by atoms with E-state index in [4.69, 9.17) is 28.3 Å². The van der Waals surface area contributed by atoms with Crippen LogP contribution in [-0.4, -0.2) is 23.7 Å². The predicted octanol–water partition coefficient (Wildman–Crippen LogP) is 1.37. The van der Waals surface area contributed by atoms with Crippen molar-refractivity contribution in [1.82, 2.24) is 10.2 Å². The third-order valence-electron chi connectivity index (χ3n) is 2.46. The molecule has 10 heteroatoms. The van der Waals surface area contributed by atoms with Gasteiger partial charge in [0.1, 0.15) is 4.90 Å². The van der Waals surface area contributed by atoms with Gasteiger partial charge in [-0.15, -0.1) is 0 Å². The minimum Gasteiger partial charge on any atom is -0.392 e. The van der Waals surface area contributed by atoms with E-state index in [1.54, 1.807) is 0 Å². The Labute approximate surface area is 129 Å². The molecule has 0 aliphatic heterocycles. The molecular weight excluding hydrogens is 341 g/mol. The van der Waals surface area contributed by atoms with Crippen molar-refractivity contribution < 1.29 is 13.5 Å². The summed E-state index contributed by atoms with van der Waals surface area (Å²) in [4.78, 5) is 10.6. The van der Waals surface area contributed by atoms with Crippen LogP contribution in [0, 0.1) is 0 Å². The van der Waals surface area contributed by atoms with E-state index in [9.17, 15) is 13.2 Å². The van der Waals surface area contributed by atoms with Gasteiger partial charge in [0.05, 0.1) is 11.6 Å². The molecular formula is C11H9Cl2N3O4S. The first kappa shape index (κ1) is 15.8. The van der Waals surface area contributed by atoms with Crippen LogP contribution in [0.15, 0.2) is 34.0 Å². The average Bonchev–Trinajstić information content (AvgIpc) is 2.43. The molecule has 0 bridgehead atoms. The Balaban J connectivity index is 2.47. The van der Waals surface area contributed by atoms with E-state index in [1.807, 2.05) is 0 Å². The number of anilines is 1. The molecule has 2 rings (SSSR count). The highest BCUT2D eigenvalue weighted by Gasteiger charge is 2.21. The summed E-state index contributed by atoms with van der Waals surface area (Å²) >= 11 is 11.7. The van der Waals surface area contributed by atoms with Crippen molar-refractivity contribution in [3.05, 3.63) is 50.2 Å². The molecule has 0 unspecified atom stereocenters. The Bertz CT molecular complexity index is 815. The summed E-state index contributed by atoms with van der Waals surface area (Å²) in [6.45, 7) is -0.460. The minimum atomic E-state index is -4.07. The van der Waals surface area contributed by atoms with Gasteiger partial charge >= 0.3 is 0 Å². The molecule has 0 saturated heterocycles. The number of nitrogens with zero attached hydrogens (tertiary/aromatic N) is 1. The fraction of sp³-hybridized carbons (Fsp3) is 0.0909. The van der Waals surface area contributed by atoms with Crippen LogP contribution in [0.25, 0.3) is 0 Å². The zero-order valence-electron chi connectivity index (χ0n) is 10.3. The molecule has 1 aromatic carbocycles. The van der Waals surface area contributed by atoms with E-state index in [0.29, 0.717) is 0 Å². The van der Waals surface area contributed by atoms with Gasteiger partial charge in [-0.05, 0) is 23.8 Å². The predicted molar refractivity (Wildman–Crippen MR) is 78.1 cm³/mol. The number of aliphatic hydroxyl groups is 1. The molecule has 0 saturated carbocycles. The van der Waals surface area contributed by atoms with Crippen molar-refractivity contribution in [3.63, 3.8) is 0 Å². The summed E-state index contributed by atoms with van der Waals surface area (Å²) in [6, 6.07) is 4.82. The quantitative estimate of drug-likeness (QED) is 0.771. The van der Waals surface area contributed by atoms with Crippen LogP contribution in [0.3, 0.4) is 0 Å². The largest absolute Gasteiger partial charge is 0.392 e. The number of benzene rings is 1. The summed E-state index contributed by atoms with van der Waals surface area (Å²) in [7, 11) is -4.07. The first-order valence-corrected chi connectivity index (χ1v) is 7.75. The molecule has 2 aromatic rings. The standard InChI is InChI=1S/C11H9Cl2N3O4S/c12-7-3-6(5-17)11(13)8(4-7)21(19,20)16-9-1-2-10(18)15-14-9/h1-4,17H,5H2,(H,14,16)(H,15,18). The second-order valence-electron chi connectivity index (χ2n) is 3.95. The number of halogens is 2. The van der Waals surface area contributed by atoms with Gasteiger partial charge < -0.3 is 5.11 Å². The lowest BCUT2D eigenvalue weighted by Crippen LogP contribution is -2.17. The first-order chi connectivity index (χ1) is 9.83. The zero-order chi connectivity index (χ0) is 15.6. The van der Waals surface area contributed by atoms with Gasteiger partial charge in [0, 0.05) is 11.1 Å². The lowest BCUT2D eigenvalue weighted by molar-refractivity contribution is 0.281. The number of hydrogen-bond acceptors (Lipinski definition) is 5. The first-order valence-electron chi connectivity index (χ1n) is 5.51. The summed E-state index contributed by atoms with van der Waals surface area (Å²) in [5, 5.41) is 14.7. The molecule has 7 nitrogen and oxygen atoms in total. The summed E-state index contributed by atoms with van der Waals surface area (Å²) in [6.07, 6.45) is 0. The highest BCUT2D eigenvalue weighted by molar-refractivity contribution is 7.92. The second kappa shape index (κ2) is 6.02. The smallest absolute Gasteiger partial charge is 0.264 e. The Morgan fingerprint density at radius 3 is 2.57 bits per heavy atom. The van der Waals surface area contributed by atoms with Crippen LogP contribution in [-0.2, 0) is 16.6 Å². The van der Waals surface area contributed by atoms with E-state index in [2.05, 4.69) is 14.9 Å². The second-order valence-corrected chi connectivity index (χ2v) is 6.41. The van der Waals surface area contributed by atoms with Gasteiger partial charge in [-0.3, -0.25) is 9.52 Å². The molecule has 0 fully saturated rings. The van der Waals surface area contributed by atoms with Crippen molar-refractivity contribution in [2.24, 2.45) is 0 Å². The zero-order valence-corrected chi connectivity index (χ0v) is 12.6. The van der Waals surface area contributed by atoms with Crippen LogP contribution in [0.4, 0.5) is 5.82 Å². The number of H-pyrrole nitrogens is 1. The van der Waals surface area contributed by atoms with E-state index in [0.717, 1.165) is 12.1 Å². The van der Waals surface area contributed by atoms with E-state index in [1.165, 1.54) is 12.1 Å². The molecule has 3 N–H and O–H groups in total. The Hall–Kier alpha value is -1.61. The maximum atomic E-state index is 12.3. The van der Waals surface area contributed by atoms with Crippen LogP contribution < -0.4 is 10.3 Å². The molecule has 112 valence electrons. The van der Waals surface area contributed by atoms with Crippen molar-refractivity contribution in [1.29, 1.82) is 0 Å². The topological polar surface area (TPSA) is 112 Å². The van der Waals surface area contributed by atoms with Crippen LogP contribution >= 0.6 is 23.2 Å². The Kier molecular flexibility index (Phi) is 4.52. The normalized spacial score (nSPS) is 11.4. The Morgan fingerprint density at radius 2 is 2.00 bits per heavy atom. The number of sulfonamides is 1. The molecule has 0 amide bonds. The molecule has 0 aliphatic carbocycles. The van der Waals surface area contributed by atoms with E-state index >= 15 is 0 Å². The van der Waals surface area contributed by atoms with Crippen molar-refractivity contribution >= 4 is 39.0 Å². The third kappa shape index (κ3) is 3.53. The molecule has 1 aromatic heterocycles. The van der Waals surface area contributed by atoms with Crippen LogP contribution in [0.1, 0.15) is 5.56 Å². The molecule has 0 aliphatic rings. The average molecular weight is 350 g/mol. The highest BCUT2D eigenvalue weighted by Crippen LogP contribution is 2.30. The molecule has 0 atom stereocenters. The van der Waals surface area contributed by atoms with Gasteiger partial charge in [0.25, 0.3) is 15.6 Å². The number of rotatable bonds is 4. The molecule has 21 heavy (non-hydrogen) atoms. The van der Waals surface area contributed by atoms with Gasteiger partial charge in [0.2, 0.25) is 0 Å². The minimum absolute atomic E-state index is 0.0869. The third-order valence-corrected chi connectivity index (χ3v) is 4.61. The summed E-state index contributed by atoms with van der Waals surface area (Å²) in [5.41, 5.74) is -0.291. The number of aliphatic hydroxyl groups excluding tert-OH is 1. The fourth-order valence-corrected chi connectivity index (χ4v) is 3.45. The van der Waals surface area contributed by atoms with Crippen molar-refractivity contribution in [2.75, 3.05) is 4.72 Å². The fourth-order valence-electron chi connectivity index (χ4n) is 1.52. The number of aromatic nitrogens is 2. The lowest BCUT2D eigenvalue weighted by Gasteiger charge is -2.11. The highest BCUT2D eigenvalue weighted by atomic mass is 35.5. The maximum Gasteiger partial charge on any atom is 0.264 e. The molecule has 1 heterocycles. The number of aromatic amines is 1. The Morgan fingerprint density at radius 1 is 1.29 bits per heavy atom. The van der Waals surface area contributed by atoms with Gasteiger partial charge in [-0.1, -0.05) is 23.2 Å². The van der Waals surface area contributed by atoms with Crippen molar-refractivity contribution in [2.45, 2.75) is 11.5 Å². The van der Waals surface area contributed by atoms with Crippen LogP contribution in [0.5, 0.6) is 0 Å². The van der Waals surface area contributed by atoms with Crippen molar-refractivity contribution in [3.8, 4) is 0 Å². The van der Waals surface area contributed by atoms with E-state index < -0.39 is 22.2 Å². The maximum absolute atomic E-state index is 12.3. The van der Waals surface area contributed by atoms with Gasteiger partial charge in [0.15, 0.2) is 5.82 Å². The SMILES string of the molecule is O=c1ccc(NS(=O)(=O)c2cc(Cl)cc(CO)c2Cl)n[nH]1. The van der Waals surface area contributed by atoms with E-state index in [-0.39, 0.29) is 26.3 Å². The van der Waals surface area contributed by atoms with Gasteiger partial charge in [-0.2, -0.15) is 5.10 Å².